The van der Waals surface area contributed by atoms with Gasteiger partial charge in [-0.05, 0) is 61.7 Å². The van der Waals surface area contributed by atoms with Gasteiger partial charge in [0, 0.05) is 56.7 Å². The lowest BCUT2D eigenvalue weighted by Gasteiger charge is -2.41. The fourth-order valence-electron chi connectivity index (χ4n) is 5.53. The van der Waals surface area contributed by atoms with Gasteiger partial charge in [0.05, 0.1) is 16.9 Å². The molecule has 0 radical (unpaired) electrons. The van der Waals surface area contributed by atoms with Gasteiger partial charge in [-0.15, -0.1) is 0 Å². The van der Waals surface area contributed by atoms with Crippen molar-refractivity contribution in [2.45, 2.75) is 32.2 Å². The molecule has 2 aliphatic heterocycles. The van der Waals surface area contributed by atoms with Gasteiger partial charge in [0.25, 0.3) is 0 Å². The Morgan fingerprint density at radius 3 is 2.44 bits per heavy atom. The van der Waals surface area contributed by atoms with Gasteiger partial charge in [0.1, 0.15) is 5.02 Å². The minimum atomic E-state index is -0.286. The molecule has 0 aliphatic carbocycles. The molecule has 2 saturated heterocycles. The highest BCUT2D eigenvalue weighted by atomic mass is 35.5. The summed E-state index contributed by atoms with van der Waals surface area (Å²) in [5, 5.41) is 12.6. The van der Waals surface area contributed by atoms with Crippen LogP contribution in [0.15, 0.2) is 42.6 Å². The zero-order valence-corrected chi connectivity index (χ0v) is 25.4. The van der Waals surface area contributed by atoms with E-state index in [0.717, 1.165) is 57.1 Å². The maximum Gasteiger partial charge on any atom is 0.229 e. The number of rotatable bonds is 8. The van der Waals surface area contributed by atoms with E-state index in [9.17, 15) is 0 Å². The number of nitrogens with zero attached hydrogens (tertiary/aromatic N) is 4. The number of piperidine rings is 1. The third-order valence-electron chi connectivity index (χ3n) is 7.65. The van der Waals surface area contributed by atoms with Crippen LogP contribution in [-0.4, -0.2) is 73.5 Å². The third kappa shape index (κ3) is 6.78. The first-order valence-electron chi connectivity index (χ1n) is 13.8. The van der Waals surface area contributed by atoms with Crippen LogP contribution in [0.25, 0.3) is 0 Å². The van der Waals surface area contributed by atoms with Gasteiger partial charge in [-0.3, -0.25) is 4.90 Å². The average Bonchev–Trinajstić information content (AvgIpc) is 2.96. The van der Waals surface area contributed by atoms with Gasteiger partial charge in [-0.25, -0.2) is 4.98 Å². The number of nitrogens with one attached hydrogen (secondary N) is 3. The van der Waals surface area contributed by atoms with Crippen molar-refractivity contribution < 1.29 is 0 Å². The lowest BCUT2D eigenvalue weighted by molar-refractivity contribution is 0.150. The van der Waals surface area contributed by atoms with E-state index in [4.69, 9.17) is 23.2 Å². The van der Waals surface area contributed by atoms with Crippen molar-refractivity contribution in [1.82, 2.24) is 20.2 Å². The summed E-state index contributed by atoms with van der Waals surface area (Å²) in [6, 6.07) is 13.2. The number of hydrogen-bond donors (Lipinski definition) is 3. The predicted octanol–water partition coefficient (Wildman–Crippen LogP) is 6.07. The smallest absolute Gasteiger partial charge is 0.229 e. The average molecular weight is 587 g/mol. The quantitative estimate of drug-likeness (QED) is 0.277. The molecule has 3 heterocycles. The molecule has 2 aliphatic rings. The van der Waals surface area contributed by atoms with Gasteiger partial charge in [-0.1, -0.05) is 56.2 Å². The second-order valence-corrected chi connectivity index (χ2v) is 13.5. The van der Waals surface area contributed by atoms with E-state index in [1.165, 1.54) is 29.4 Å². The van der Waals surface area contributed by atoms with Crippen molar-refractivity contribution in [1.29, 1.82) is 0 Å². The molecule has 0 amide bonds. The number of hydrogen-bond acceptors (Lipinski definition) is 7. The van der Waals surface area contributed by atoms with Crippen LogP contribution in [0.5, 0.6) is 0 Å². The van der Waals surface area contributed by atoms with E-state index in [2.05, 4.69) is 86.3 Å². The van der Waals surface area contributed by atoms with Gasteiger partial charge in [0.2, 0.25) is 5.95 Å². The maximum absolute atomic E-state index is 6.83. The van der Waals surface area contributed by atoms with Crippen molar-refractivity contribution in [3.8, 4) is 0 Å². The molecule has 3 N–H and O–H groups in total. The summed E-state index contributed by atoms with van der Waals surface area (Å²) in [7, 11) is -0.286. The summed E-state index contributed by atoms with van der Waals surface area (Å²) in [4.78, 5) is 14.3. The first-order chi connectivity index (χ1) is 18.9. The highest BCUT2D eigenvalue weighted by molar-refractivity contribution is 7.64. The van der Waals surface area contributed by atoms with Crippen molar-refractivity contribution >= 4 is 65.3 Å². The van der Waals surface area contributed by atoms with E-state index in [0.29, 0.717) is 27.9 Å². The summed E-state index contributed by atoms with van der Waals surface area (Å²) in [6.45, 7) is 13.3. The van der Waals surface area contributed by atoms with Crippen LogP contribution in [0.3, 0.4) is 0 Å². The molecule has 1 aromatic heterocycles. The van der Waals surface area contributed by atoms with E-state index in [-0.39, 0.29) is 7.92 Å². The van der Waals surface area contributed by atoms with Crippen LogP contribution in [-0.2, 0) is 6.42 Å². The second-order valence-electron chi connectivity index (χ2n) is 10.4. The summed E-state index contributed by atoms with van der Waals surface area (Å²) >= 11 is 13.3. The van der Waals surface area contributed by atoms with E-state index < -0.39 is 0 Å². The van der Waals surface area contributed by atoms with Crippen molar-refractivity contribution in [2.24, 2.45) is 0 Å². The zero-order chi connectivity index (χ0) is 27.4. The Morgan fingerprint density at radius 1 is 0.974 bits per heavy atom. The molecule has 7 nitrogen and oxygen atoms in total. The Bertz CT molecular complexity index is 1270. The Labute approximate surface area is 243 Å². The highest BCUT2D eigenvalue weighted by Crippen LogP contribution is 2.36. The van der Waals surface area contributed by atoms with Gasteiger partial charge in [-0.2, -0.15) is 4.98 Å². The molecule has 0 bridgehead atoms. The highest BCUT2D eigenvalue weighted by Gasteiger charge is 2.27. The summed E-state index contributed by atoms with van der Waals surface area (Å²) in [5.74, 6) is 1.01. The van der Waals surface area contributed by atoms with Gasteiger partial charge < -0.3 is 20.9 Å². The Morgan fingerprint density at radius 2 is 1.72 bits per heavy atom. The minimum absolute atomic E-state index is 0.286. The Hall–Kier alpha value is -2.15. The van der Waals surface area contributed by atoms with Crippen LogP contribution in [0, 0.1) is 0 Å². The summed E-state index contributed by atoms with van der Waals surface area (Å²) in [6.07, 6.45) is 4.92. The molecule has 0 saturated carbocycles. The molecule has 2 fully saturated rings. The fourth-order valence-corrected chi connectivity index (χ4v) is 6.87. The fraction of sp³-hybridized carbons (Fsp3) is 0.448. The lowest BCUT2D eigenvalue weighted by Crippen LogP contribution is -2.52. The van der Waals surface area contributed by atoms with Gasteiger partial charge in [0.15, 0.2) is 5.82 Å². The molecule has 208 valence electrons. The van der Waals surface area contributed by atoms with E-state index >= 15 is 0 Å². The molecule has 39 heavy (non-hydrogen) atoms. The molecule has 0 unspecified atom stereocenters. The third-order valence-corrected chi connectivity index (χ3v) is 9.59. The predicted molar refractivity (Wildman–Crippen MR) is 169 cm³/mol. The van der Waals surface area contributed by atoms with Gasteiger partial charge >= 0.3 is 0 Å². The van der Waals surface area contributed by atoms with Crippen LogP contribution in [0.1, 0.15) is 25.3 Å². The second kappa shape index (κ2) is 13.0. The standard InChI is InChI=1S/C29H38Cl2N7P/c1-4-20-17-25(22(30)18-26(20)38-13-9-21(10-14-38)37-15-11-32-12-16-37)35-29-33-19-23(31)28(36-29)34-24-7-5-6-8-27(24)39(2)3/h5-8,17-19,21,32H,4,9-16H2,1-3H3,(H2,33,34,35,36). The van der Waals surface area contributed by atoms with Crippen LogP contribution >= 0.6 is 31.1 Å². The Balaban J connectivity index is 1.31. The molecule has 3 aromatic rings. The van der Waals surface area contributed by atoms with E-state index in [1.54, 1.807) is 6.20 Å². The number of aryl methyl sites for hydroxylation is 1. The zero-order valence-electron chi connectivity index (χ0n) is 23.0. The van der Waals surface area contributed by atoms with Crippen molar-refractivity contribution in [3.05, 3.63) is 58.2 Å². The summed E-state index contributed by atoms with van der Waals surface area (Å²) in [5.41, 5.74) is 4.31. The normalized spacial score (nSPS) is 17.0. The largest absolute Gasteiger partial charge is 0.371 e. The van der Waals surface area contributed by atoms with Crippen LogP contribution in [0.4, 0.5) is 28.8 Å². The first kappa shape index (κ1) is 28.4. The van der Waals surface area contributed by atoms with Crippen LogP contribution < -0.4 is 26.2 Å². The van der Waals surface area contributed by atoms with Crippen molar-refractivity contribution in [3.63, 3.8) is 0 Å². The number of benzene rings is 2. The Kier molecular flexibility index (Phi) is 9.47. The van der Waals surface area contributed by atoms with Crippen molar-refractivity contribution in [2.75, 3.05) is 68.1 Å². The minimum Gasteiger partial charge on any atom is -0.371 e. The monoisotopic (exact) mass is 585 g/mol. The topological polar surface area (TPSA) is 68.4 Å². The number of aromatic nitrogens is 2. The first-order valence-corrected chi connectivity index (χ1v) is 16.8. The molecule has 10 heteroatoms. The number of halogens is 2. The number of anilines is 5. The SMILES string of the molecule is CCc1cc(Nc2ncc(Cl)c(Nc3ccccc3P(C)C)n2)c(Cl)cc1N1CCC(N2CCNCC2)CC1. The van der Waals surface area contributed by atoms with E-state index in [1.807, 2.05) is 6.07 Å². The molecular formula is C29H38Cl2N7P. The number of para-hydroxylation sites is 1. The maximum atomic E-state index is 6.83. The number of piperazine rings is 1. The molecular weight excluding hydrogens is 548 g/mol. The molecule has 0 spiro atoms. The molecule has 0 atom stereocenters. The lowest BCUT2D eigenvalue weighted by atomic mass is 10.00. The molecule has 5 rings (SSSR count). The summed E-state index contributed by atoms with van der Waals surface area (Å²) < 4.78 is 0. The molecule has 2 aromatic carbocycles. The van der Waals surface area contributed by atoms with Crippen LogP contribution in [0.2, 0.25) is 10.0 Å².